The highest BCUT2D eigenvalue weighted by Gasteiger charge is 2.26. The van der Waals surface area contributed by atoms with E-state index in [9.17, 15) is 9.59 Å². The molecule has 2 heterocycles. The molecule has 7 heteroatoms. The highest BCUT2D eigenvalue weighted by atomic mass is 32.1. The van der Waals surface area contributed by atoms with Crippen molar-refractivity contribution in [1.29, 1.82) is 0 Å². The molecule has 0 aliphatic heterocycles. The summed E-state index contributed by atoms with van der Waals surface area (Å²) in [5.74, 6) is -0.0314. The van der Waals surface area contributed by atoms with Gasteiger partial charge in [0.2, 0.25) is 0 Å². The maximum atomic E-state index is 12.6. The van der Waals surface area contributed by atoms with Gasteiger partial charge in [-0.3, -0.25) is 4.79 Å². The minimum Gasteiger partial charge on any atom is -0.467 e. The smallest absolute Gasteiger partial charge is 0.328 e. The quantitative estimate of drug-likeness (QED) is 0.812. The standard InChI is InChI=1S/C17H21N3O3S/c1-10-3-4-14-11(5-10)6-15(24-14)16(21)20-13(17(22)23-2)7-12-8-18-9-19-12/h6,8-10,13H,3-5,7H2,1-2H3,(H,18,19)(H,20,21). The van der Waals surface area contributed by atoms with E-state index in [1.165, 1.54) is 35.3 Å². The van der Waals surface area contributed by atoms with Gasteiger partial charge in [0.25, 0.3) is 5.91 Å². The lowest BCUT2D eigenvalue weighted by molar-refractivity contribution is -0.142. The fraction of sp³-hybridized carbons (Fsp3) is 0.471. The number of ether oxygens (including phenoxy) is 1. The number of fused-ring (bicyclic) bond motifs is 1. The monoisotopic (exact) mass is 347 g/mol. The highest BCUT2D eigenvalue weighted by Crippen LogP contribution is 2.32. The zero-order chi connectivity index (χ0) is 17.1. The van der Waals surface area contributed by atoms with Crippen LogP contribution >= 0.6 is 11.3 Å². The van der Waals surface area contributed by atoms with Crippen LogP contribution in [-0.2, 0) is 28.8 Å². The molecule has 0 aromatic carbocycles. The number of aromatic nitrogens is 2. The van der Waals surface area contributed by atoms with Gasteiger partial charge >= 0.3 is 5.97 Å². The molecular formula is C17H21N3O3S. The van der Waals surface area contributed by atoms with Crippen LogP contribution in [0, 0.1) is 5.92 Å². The Balaban J connectivity index is 1.72. The molecule has 128 valence electrons. The van der Waals surface area contributed by atoms with E-state index in [4.69, 9.17) is 4.74 Å². The van der Waals surface area contributed by atoms with Crippen LogP contribution in [0.1, 0.15) is 39.2 Å². The van der Waals surface area contributed by atoms with Crippen LogP contribution in [-0.4, -0.2) is 35.0 Å². The van der Waals surface area contributed by atoms with Gasteiger partial charge in [-0.25, -0.2) is 9.78 Å². The molecular weight excluding hydrogens is 326 g/mol. The number of methoxy groups -OCH3 is 1. The largest absolute Gasteiger partial charge is 0.467 e. The summed E-state index contributed by atoms with van der Waals surface area (Å²) in [5, 5.41) is 2.79. The second kappa shape index (κ2) is 7.17. The summed E-state index contributed by atoms with van der Waals surface area (Å²) in [4.78, 5) is 33.4. The Morgan fingerprint density at radius 1 is 1.54 bits per heavy atom. The van der Waals surface area contributed by atoms with Crippen molar-refractivity contribution in [3.05, 3.63) is 39.6 Å². The number of nitrogens with one attached hydrogen (secondary N) is 2. The molecule has 2 N–H and O–H groups in total. The van der Waals surface area contributed by atoms with Crippen molar-refractivity contribution in [2.75, 3.05) is 7.11 Å². The number of rotatable bonds is 5. The first kappa shape index (κ1) is 16.7. The molecule has 0 radical (unpaired) electrons. The van der Waals surface area contributed by atoms with Gasteiger partial charge in [0, 0.05) is 23.2 Å². The molecule has 6 nitrogen and oxygen atoms in total. The molecule has 3 rings (SSSR count). The molecule has 0 bridgehead atoms. The minimum atomic E-state index is -0.735. The summed E-state index contributed by atoms with van der Waals surface area (Å²) >= 11 is 1.53. The van der Waals surface area contributed by atoms with E-state index in [1.807, 2.05) is 6.07 Å². The average Bonchev–Trinajstić information content (AvgIpc) is 3.22. The Labute approximate surface area is 144 Å². The number of aryl methyl sites for hydroxylation is 1. The van der Waals surface area contributed by atoms with Gasteiger partial charge in [0.1, 0.15) is 6.04 Å². The van der Waals surface area contributed by atoms with E-state index >= 15 is 0 Å². The summed E-state index contributed by atoms with van der Waals surface area (Å²) in [6.07, 6.45) is 6.71. The van der Waals surface area contributed by atoms with Crippen molar-refractivity contribution in [2.24, 2.45) is 5.92 Å². The van der Waals surface area contributed by atoms with Crippen LogP contribution in [0.25, 0.3) is 0 Å². The van der Waals surface area contributed by atoms with Crippen molar-refractivity contribution in [2.45, 2.75) is 38.6 Å². The zero-order valence-electron chi connectivity index (χ0n) is 13.8. The van der Waals surface area contributed by atoms with E-state index in [2.05, 4.69) is 22.2 Å². The topological polar surface area (TPSA) is 84.1 Å². The number of aromatic amines is 1. The van der Waals surface area contributed by atoms with Crippen LogP contribution in [0.5, 0.6) is 0 Å². The summed E-state index contributed by atoms with van der Waals surface area (Å²) < 4.78 is 4.81. The summed E-state index contributed by atoms with van der Waals surface area (Å²) in [6, 6.07) is 1.23. The number of nitrogens with zero attached hydrogens (tertiary/aromatic N) is 1. The molecule has 1 aliphatic rings. The number of thiophene rings is 1. The Kier molecular flexibility index (Phi) is 4.99. The Morgan fingerprint density at radius 3 is 3.08 bits per heavy atom. The molecule has 0 saturated heterocycles. The second-order valence-corrected chi connectivity index (χ2v) is 7.37. The summed E-state index contributed by atoms with van der Waals surface area (Å²) in [5.41, 5.74) is 2.04. The predicted molar refractivity (Wildman–Crippen MR) is 91.1 cm³/mol. The first-order valence-electron chi connectivity index (χ1n) is 8.04. The van der Waals surface area contributed by atoms with E-state index in [-0.39, 0.29) is 5.91 Å². The maximum absolute atomic E-state index is 12.6. The van der Waals surface area contributed by atoms with Crippen LogP contribution in [0.4, 0.5) is 0 Å². The van der Waals surface area contributed by atoms with Gasteiger partial charge in [0.05, 0.1) is 18.3 Å². The van der Waals surface area contributed by atoms with E-state index in [0.717, 1.165) is 18.5 Å². The molecule has 2 atom stereocenters. The third-order valence-corrected chi connectivity index (χ3v) is 5.56. The van der Waals surface area contributed by atoms with Crippen LogP contribution in [0.15, 0.2) is 18.6 Å². The third-order valence-electron chi connectivity index (χ3n) is 4.32. The number of imidazole rings is 1. The predicted octanol–water partition coefficient (Wildman–Crippen LogP) is 2.11. The number of amides is 1. The lowest BCUT2D eigenvalue weighted by atomic mass is 9.90. The number of carbonyl (C=O) groups is 2. The first-order chi connectivity index (χ1) is 11.6. The molecule has 1 amide bonds. The van der Waals surface area contributed by atoms with Gasteiger partial charge in [-0.05, 0) is 36.8 Å². The molecule has 2 aromatic heterocycles. The van der Waals surface area contributed by atoms with Gasteiger partial charge in [0.15, 0.2) is 0 Å². The van der Waals surface area contributed by atoms with Crippen LogP contribution in [0.3, 0.4) is 0 Å². The first-order valence-corrected chi connectivity index (χ1v) is 8.86. The van der Waals surface area contributed by atoms with Crippen LogP contribution in [0.2, 0.25) is 0 Å². The summed E-state index contributed by atoms with van der Waals surface area (Å²) in [7, 11) is 1.32. The fourth-order valence-corrected chi connectivity index (χ4v) is 4.11. The number of hydrogen-bond acceptors (Lipinski definition) is 5. The van der Waals surface area contributed by atoms with Crippen molar-refractivity contribution >= 4 is 23.2 Å². The van der Waals surface area contributed by atoms with E-state index in [1.54, 1.807) is 12.5 Å². The maximum Gasteiger partial charge on any atom is 0.328 e. The van der Waals surface area contributed by atoms with Crippen molar-refractivity contribution in [1.82, 2.24) is 15.3 Å². The SMILES string of the molecule is COC(=O)C(Cc1cnc[nH]1)NC(=O)c1cc2c(s1)CCC(C)C2. The zero-order valence-corrected chi connectivity index (χ0v) is 14.6. The lowest BCUT2D eigenvalue weighted by Gasteiger charge is -2.16. The second-order valence-electron chi connectivity index (χ2n) is 6.24. The fourth-order valence-electron chi connectivity index (χ4n) is 3.00. The van der Waals surface area contributed by atoms with Crippen molar-refractivity contribution in [3.63, 3.8) is 0 Å². The molecule has 0 saturated carbocycles. The van der Waals surface area contributed by atoms with Crippen molar-refractivity contribution in [3.8, 4) is 0 Å². The van der Waals surface area contributed by atoms with E-state index in [0.29, 0.717) is 17.2 Å². The molecule has 24 heavy (non-hydrogen) atoms. The molecule has 0 fully saturated rings. The molecule has 0 spiro atoms. The Morgan fingerprint density at radius 2 is 2.38 bits per heavy atom. The number of esters is 1. The van der Waals surface area contributed by atoms with E-state index < -0.39 is 12.0 Å². The molecule has 1 aliphatic carbocycles. The number of hydrogen-bond donors (Lipinski definition) is 2. The Hall–Kier alpha value is -2.15. The molecule has 2 aromatic rings. The number of H-pyrrole nitrogens is 1. The number of carbonyl (C=O) groups excluding carboxylic acids is 2. The minimum absolute atomic E-state index is 0.225. The molecule has 2 unspecified atom stereocenters. The average molecular weight is 347 g/mol. The van der Waals surface area contributed by atoms with Crippen LogP contribution < -0.4 is 5.32 Å². The van der Waals surface area contributed by atoms with Crippen molar-refractivity contribution < 1.29 is 14.3 Å². The van der Waals surface area contributed by atoms with Gasteiger partial charge < -0.3 is 15.0 Å². The lowest BCUT2D eigenvalue weighted by Crippen LogP contribution is -2.42. The highest BCUT2D eigenvalue weighted by molar-refractivity contribution is 7.14. The Bertz CT molecular complexity index is 724. The normalized spacial score (nSPS) is 17.8. The van der Waals surface area contributed by atoms with Gasteiger partial charge in [-0.15, -0.1) is 11.3 Å². The van der Waals surface area contributed by atoms with Gasteiger partial charge in [-0.1, -0.05) is 6.92 Å². The van der Waals surface area contributed by atoms with Gasteiger partial charge in [-0.2, -0.15) is 0 Å². The summed E-state index contributed by atoms with van der Waals surface area (Å²) in [6.45, 7) is 2.23. The third kappa shape index (κ3) is 3.67.